The molecule has 0 spiro atoms. The van der Waals surface area contributed by atoms with Crippen LogP contribution >= 0.6 is 11.6 Å². The fourth-order valence-electron chi connectivity index (χ4n) is 4.15. The number of nitrogens with zero attached hydrogens (tertiary/aromatic N) is 4. The van der Waals surface area contributed by atoms with E-state index in [1.165, 1.54) is 0 Å². The van der Waals surface area contributed by atoms with Crippen LogP contribution in [0.15, 0.2) is 54.6 Å². The van der Waals surface area contributed by atoms with Crippen molar-refractivity contribution in [3.8, 4) is 5.69 Å². The Kier molecular flexibility index (Phi) is 5.15. The zero-order valence-electron chi connectivity index (χ0n) is 17.5. The predicted octanol–water partition coefficient (Wildman–Crippen LogP) is 3.79. The molecular formula is C24H22ClN5O2. The first-order valence-electron chi connectivity index (χ1n) is 10.5. The van der Waals surface area contributed by atoms with Gasteiger partial charge in [0.15, 0.2) is 0 Å². The van der Waals surface area contributed by atoms with Gasteiger partial charge in [-0.05, 0) is 49.1 Å². The molecule has 2 aliphatic rings. The van der Waals surface area contributed by atoms with E-state index in [1.807, 2.05) is 66.1 Å². The van der Waals surface area contributed by atoms with Gasteiger partial charge in [0.2, 0.25) is 11.8 Å². The van der Waals surface area contributed by atoms with Gasteiger partial charge >= 0.3 is 0 Å². The maximum Gasteiger partial charge on any atom is 0.246 e. The molecule has 2 aromatic carbocycles. The number of nitrogens with two attached hydrogens (primary N) is 1. The van der Waals surface area contributed by atoms with Gasteiger partial charge in [-0.15, -0.1) is 10.2 Å². The first-order chi connectivity index (χ1) is 15.4. The monoisotopic (exact) mass is 447 g/mol. The van der Waals surface area contributed by atoms with Crippen molar-refractivity contribution in [3.63, 3.8) is 0 Å². The standard InChI is InChI=1S/C24H22ClN5O2/c1-14-27-28-23-17(13-22(31)30(26)24(32)16-6-7-16)12-20(15-8-10-18(25)11-9-15)19-4-2-3-5-21(19)29(14)23/h2-5,8-12,16-17H,6-7,13,26H2,1H3. The molecule has 7 nitrogen and oxygen atoms in total. The van der Waals surface area contributed by atoms with Crippen LogP contribution in [0.4, 0.5) is 0 Å². The summed E-state index contributed by atoms with van der Waals surface area (Å²) in [6.45, 7) is 1.88. The molecule has 1 fully saturated rings. The summed E-state index contributed by atoms with van der Waals surface area (Å²) in [5.41, 5.74) is 3.85. The lowest BCUT2D eigenvalue weighted by Crippen LogP contribution is -2.44. The molecule has 1 aromatic heterocycles. The van der Waals surface area contributed by atoms with Crippen molar-refractivity contribution < 1.29 is 9.59 Å². The normalized spacial score (nSPS) is 17.1. The van der Waals surface area contributed by atoms with E-state index in [9.17, 15) is 9.59 Å². The number of carbonyl (C=O) groups excluding carboxylic acids is 2. The fourth-order valence-corrected chi connectivity index (χ4v) is 4.27. The van der Waals surface area contributed by atoms with Crippen LogP contribution in [-0.2, 0) is 9.59 Å². The molecule has 0 radical (unpaired) electrons. The topological polar surface area (TPSA) is 94.1 Å². The molecule has 32 heavy (non-hydrogen) atoms. The Balaban J connectivity index is 1.61. The van der Waals surface area contributed by atoms with Gasteiger partial charge in [0.25, 0.3) is 0 Å². The molecule has 2 heterocycles. The van der Waals surface area contributed by atoms with E-state index in [0.717, 1.165) is 40.2 Å². The zero-order valence-corrected chi connectivity index (χ0v) is 18.3. The molecule has 1 aliphatic heterocycles. The van der Waals surface area contributed by atoms with Gasteiger partial charge in [0.1, 0.15) is 11.6 Å². The molecule has 1 saturated carbocycles. The highest BCUT2D eigenvalue weighted by Crippen LogP contribution is 2.38. The van der Waals surface area contributed by atoms with Crippen LogP contribution in [-0.4, -0.2) is 31.6 Å². The molecule has 0 saturated heterocycles. The predicted molar refractivity (Wildman–Crippen MR) is 121 cm³/mol. The summed E-state index contributed by atoms with van der Waals surface area (Å²) < 4.78 is 1.97. The molecule has 1 atom stereocenters. The van der Waals surface area contributed by atoms with Crippen molar-refractivity contribution in [1.29, 1.82) is 0 Å². The van der Waals surface area contributed by atoms with Crippen LogP contribution in [0.25, 0.3) is 11.3 Å². The minimum absolute atomic E-state index is 0.0121. The molecule has 1 aliphatic carbocycles. The number of hydrogen-bond donors (Lipinski definition) is 1. The molecule has 1 unspecified atom stereocenters. The second kappa shape index (κ2) is 8.00. The third-order valence-corrected chi connectivity index (χ3v) is 6.22. The van der Waals surface area contributed by atoms with Crippen molar-refractivity contribution in [3.05, 3.63) is 82.4 Å². The Hall–Kier alpha value is -3.29. The zero-order chi connectivity index (χ0) is 22.4. The summed E-state index contributed by atoms with van der Waals surface area (Å²) in [7, 11) is 0. The molecule has 8 heteroatoms. The van der Waals surface area contributed by atoms with E-state index >= 15 is 0 Å². The maximum absolute atomic E-state index is 13.0. The van der Waals surface area contributed by atoms with Crippen LogP contribution in [0.5, 0.6) is 0 Å². The Morgan fingerprint density at radius 2 is 1.84 bits per heavy atom. The van der Waals surface area contributed by atoms with E-state index in [0.29, 0.717) is 16.7 Å². The quantitative estimate of drug-likeness (QED) is 0.373. The number of hydrogen-bond acceptors (Lipinski definition) is 5. The summed E-state index contributed by atoms with van der Waals surface area (Å²) in [6, 6.07) is 15.6. The SMILES string of the molecule is Cc1nnc2n1-c1ccccc1C(c1ccc(Cl)cc1)=CC2CC(=O)N(N)C(=O)C1CC1. The summed E-state index contributed by atoms with van der Waals surface area (Å²) in [4.78, 5) is 25.3. The number of imide groups is 1. The molecule has 3 aromatic rings. The molecular weight excluding hydrogens is 426 g/mol. The summed E-state index contributed by atoms with van der Waals surface area (Å²) in [6.07, 6.45) is 3.60. The number of hydrazine groups is 1. The van der Waals surface area contributed by atoms with Crippen LogP contribution in [0, 0.1) is 12.8 Å². The van der Waals surface area contributed by atoms with Gasteiger partial charge < -0.3 is 0 Å². The number of carbonyl (C=O) groups is 2. The number of fused-ring (bicyclic) bond motifs is 3. The number of halogens is 1. The Bertz CT molecular complexity index is 1240. The molecule has 2 amide bonds. The highest BCUT2D eigenvalue weighted by Gasteiger charge is 2.36. The Morgan fingerprint density at radius 3 is 2.56 bits per heavy atom. The molecule has 2 N–H and O–H groups in total. The third-order valence-electron chi connectivity index (χ3n) is 5.97. The van der Waals surface area contributed by atoms with Crippen molar-refractivity contribution in [2.45, 2.75) is 32.1 Å². The van der Waals surface area contributed by atoms with E-state index in [2.05, 4.69) is 10.2 Å². The highest BCUT2D eigenvalue weighted by molar-refractivity contribution is 6.30. The lowest BCUT2D eigenvalue weighted by Gasteiger charge is -2.18. The smallest absolute Gasteiger partial charge is 0.246 e. The van der Waals surface area contributed by atoms with Gasteiger partial charge in [-0.1, -0.05) is 48.0 Å². The van der Waals surface area contributed by atoms with Gasteiger partial charge in [-0.25, -0.2) is 10.9 Å². The van der Waals surface area contributed by atoms with Crippen molar-refractivity contribution in [2.75, 3.05) is 0 Å². The van der Waals surface area contributed by atoms with Crippen LogP contribution < -0.4 is 5.84 Å². The second-order valence-corrected chi connectivity index (χ2v) is 8.67. The minimum Gasteiger partial charge on any atom is -0.282 e. The van der Waals surface area contributed by atoms with Crippen LogP contribution in [0.2, 0.25) is 5.02 Å². The lowest BCUT2D eigenvalue weighted by atomic mass is 9.92. The second-order valence-electron chi connectivity index (χ2n) is 8.23. The van der Waals surface area contributed by atoms with Crippen LogP contribution in [0.3, 0.4) is 0 Å². The fraction of sp³-hybridized carbons (Fsp3) is 0.250. The third kappa shape index (κ3) is 3.63. The Morgan fingerprint density at radius 1 is 1.12 bits per heavy atom. The lowest BCUT2D eigenvalue weighted by molar-refractivity contribution is -0.146. The average Bonchev–Trinajstić information content (AvgIpc) is 3.59. The van der Waals surface area contributed by atoms with E-state index < -0.39 is 11.8 Å². The highest BCUT2D eigenvalue weighted by atomic mass is 35.5. The number of amides is 2. The molecule has 5 rings (SSSR count). The summed E-state index contributed by atoms with van der Waals surface area (Å²) >= 11 is 6.11. The van der Waals surface area contributed by atoms with Crippen molar-refractivity contribution in [1.82, 2.24) is 19.8 Å². The largest absolute Gasteiger partial charge is 0.282 e. The molecule has 0 bridgehead atoms. The van der Waals surface area contributed by atoms with Gasteiger partial charge in [-0.3, -0.25) is 14.2 Å². The average molecular weight is 448 g/mol. The van der Waals surface area contributed by atoms with Crippen molar-refractivity contribution in [2.24, 2.45) is 11.8 Å². The van der Waals surface area contributed by atoms with Gasteiger partial charge in [-0.2, -0.15) is 0 Å². The van der Waals surface area contributed by atoms with E-state index in [1.54, 1.807) is 0 Å². The van der Waals surface area contributed by atoms with Gasteiger partial charge in [0, 0.05) is 28.8 Å². The number of aromatic nitrogens is 3. The number of benzene rings is 2. The van der Waals surface area contributed by atoms with Crippen molar-refractivity contribution >= 4 is 29.0 Å². The van der Waals surface area contributed by atoms with Crippen LogP contribution in [0.1, 0.15) is 48.0 Å². The molecule has 162 valence electrons. The first-order valence-corrected chi connectivity index (χ1v) is 10.9. The number of rotatable bonds is 4. The van der Waals surface area contributed by atoms with E-state index in [-0.39, 0.29) is 18.2 Å². The maximum atomic E-state index is 13.0. The number of para-hydroxylation sites is 1. The number of aryl methyl sites for hydroxylation is 1. The minimum atomic E-state index is -0.434. The summed E-state index contributed by atoms with van der Waals surface area (Å²) in [5.74, 6) is 5.95. The first kappa shape index (κ1) is 20.6. The Labute approximate surface area is 190 Å². The number of allylic oxidation sites excluding steroid dienone is 1. The summed E-state index contributed by atoms with van der Waals surface area (Å²) in [5, 5.41) is 10.1. The van der Waals surface area contributed by atoms with E-state index in [4.69, 9.17) is 17.4 Å². The van der Waals surface area contributed by atoms with Gasteiger partial charge in [0.05, 0.1) is 5.69 Å².